The van der Waals surface area contributed by atoms with Gasteiger partial charge in [0.1, 0.15) is 5.69 Å². The highest BCUT2D eigenvalue weighted by Gasteiger charge is 2.09. The highest BCUT2D eigenvalue weighted by molar-refractivity contribution is 7.80. The van der Waals surface area contributed by atoms with Crippen molar-refractivity contribution in [2.24, 2.45) is 0 Å². The molecular weight excluding hydrogens is 376 g/mol. The molecule has 0 bridgehead atoms. The molecule has 0 spiro atoms. The van der Waals surface area contributed by atoms with Crippen LogP contribution in [0.5, 0.6) is 0 Å². The lowest BCUT2D eigenvalue weighted by Gasteiger charge is -2.18. The Labute approximate surface area is 167 Å². The smallest absolute Gasteiger partial charge is 0.275 e. The number of amides is 1. The summed E-state index contributed by atoms with van der Waals surface area (Å²) in [4.78, 5) is 16.0. The summed E-state index contributed by atoms with van der Waals surface area (Å²) < 4.78 is 0. The molecule has 3 aromatic rings. The van der Waals surface area contributed by atoms with E-state index in [2.05, 4.69) is 53.0 Å². The summed E-state index contributed by atoms with van der Waals surface area (Å²) in [6.07, 6.45) is 0. The molecule has 3 N–H and O–H groups in total. The second-order valence-corrected chi connectivity index (χ2v) is 7.27. The van der Waals surface area contributed by atoms with E-state index in [9.17, 15) is 4.79 Å². The number of nitrogens with one attached hydrogen (secondary N) is 3. The lowest BCUT2D eigenvalue weighted by molar-refractivity contribution is 0.102. The number of nitrogens with zero attached hydrogens (tertiary/aromatic N) is 1. The third-order valence-corrected chi connectivity index (χ3v) is 4.76. The van der Waals surface area contributed by atoms with Crippen LogP contribution in [0.4, 0.5) is 11.4 Å². The number of hydrogen-bond donors (Lipinski definition) is 3. The molecule has 1 atom stereocenters. The highest BCUT2D eigenvalue weighted by Crippen LogP contribution is 2.17. The van der Waals surface area contributed by atoms with Crippen molar-refractivity contribution in [3.63, 3.8) is 0 Å². The zero-order valence-corrected chi connectivity index (χ0v) is 16.7. The number of aromatic nitrogens is 1. The Balaban J connectivity index is 1.54. The minimum atomic E-state index is -0.221. The molecule has 1 amide bonds. The van der Waals surface area contributed by atoms with Crippen molar-refractivity contribution < 1.29 is 4.79 Å². The first-order valence-electron chi connectivity index (χ1n) is 8.45. The van der Waals surface area contributed by atoms with E-state index in [0.717, 1.165) is 5.69 Å². The van der Waals surface area contributed by atoms with Crippen LogP contribution in [-0.2, 0) is 0 Å². The maximum Gasteiger partial charge on any atom is 0.275 e. The van der Waals surface area contributed by atoms with E-state index in [1.165, 1.54) is 22.5 Å². The van der Waals surface area contributed by atoms with Crippen LogP contribution in [0.15, 0.2) is 59.4 Å². The first kappa shape index (κ1) is 19.0. The molecule has 0 aliphatic rings. The minimum absolute atomic E-state index is 0.0987. The van der Waals surface area contributed by atoms with E-state index >= 15 is 0 Å². The fraction of sp³-hybridized carbons (Fsp3) is 0.150. The number of benzene rings is 2. The summed E-state index contributed by atoms with van der Waals surface area (Å²) in [5.74, 6) is -0.221. The van der Waals surface area contributed by atoms with Gasteiger partial charge in [-0.05, 0) is 55.9 Å². The van der Waals surface area contributed by atoms with Crippen molar-refractivity contribution in [2.75, 3.05) is 10.6 Å². The van der Waals surface area contributed by atoms with Crippen molar-refractivity contribution in [3.05, 3.63) is 76.2 Å². The molecule has 1 aromatic heterocycles. The van der Waals surface area contributed by atoms with Gasteiger partial charge in [0.15, 0.2) is 5.11 Å². The standard InChI is InChI=1S/C20H20N4OS2/c1-13-4-3-5-15(10-13)14(2)22-20(26)24-17-8-6-16(7-9-17)23-19(25)18-11-27-12-21-18/h3-12,14H,1-2H3,(H,23,25)(H2,22,24,26). The zero-order valence-electron chi connectivity index (χ0n) is 15.0. The van der Waals surface area contributed by atoms with Crippen LogP contribution in [0.25, 0.3) is 0 Å². The second-order valence-electron chi connectivity index (χ2n) is 6.14. The van der Waals surface area contributed by atoms with Gasteiger partial charge in [0.2, 0.25) is 0 Å². The number of rotatable bonds is 5. The van der Waals surface area contributed by atoms with Gasteiger partial charge < -0.3 is 16.0 Å². The maximum absolute atomic E-state index is 12.0. The van der Waals surface area contributed by atoms with Gasteiger partial charge in [-0.15, -0.1) is 11.3 Å². The Bertz CT molecular complexity index is 923. The number of thiazole rings is 1. The maximum atomic E-state index is 12.0. The molecular formula is C20H20N4OS2. The number of carbonyl (C=O) groups excluding carboxylic acids is 1. The van der Waals surface area contributed by atoms with Crippen molar-refractivity contribution >= 4 is 45.9 Å². The number of thiocarbonyl (C=S) groups is 1. The molecule has 1 unspecified atom stereocenters. The molecule has 1 heterocycles. The second kappa shape index (κ2) is 8.75. The van der Waals surface area contributed by atoms with Crippen molar-refractivity contribution in [1.29, 1.82) is 0 Å². The van der Waals surface area contributed by atoms with E-state index in [1.807, 2.05) is 30.3 Å². The number of anilines is 2. The molecule has 2 aromatic carbocycles. The first-order chi connectivity index (χ1) is 13.0. The van der Waals surface area contributed by atoms with Crippen LogP contribution in [-0.4, -0.2) is 16.0 Å². The van der Waals surface area contributed by atoms with Gasteiger partial charge in [-0.3, -0.25) is 4.79 Å². The van der Waals surface area contributed by atoms with Gasteiger partial charge in [-0.2, -0.15) is 0 Å². The third kappa shape index (κ3) is 5.35. The van der Waals surface area contributed by atoms with Gasteiger partial charge in [-0.25, -0.2) is 4.98 Å². The van der Waals surface area contributed by atoms with E-state index in [1.54, 1.807) is 10.9 Å². The summed E-state index contributed by atoms with van der Waals surface area (Å²) in [7, 11) is 0. The fourth-order valence-corrected chi connectivity index (χ4v) is 3.37. The third-order valence-electron chi connectivity index (χ3n) is 3.96. The zero-order chi connectivity index (χ0) is 19.2. The van der Waals surface area contributed by atoms with E-state index in [4.69, 9.17) is 12.2 Å². The molecule has 138 valence electrons. The lowest BCUT2D eigenvalue weighted by Crippen LogP contribution is -2.30. The van der Waals surface area contributed by atoms with Crippen LogP contribution < -0.4 is 16.0 Å². The Morgan fingerprint density at radius 1 is 1.11 bits per heavy atom. The van der Waals surface area contributed by atoms with Crippen molar-refractivity contribution in [3.8, 4) is 0 Å². The molecule has 0 saturated carbocycles. The normalized spacial score (nSPS) is 11.5. The summed E-state index contributed by atoms with van der Waals surface area (Å²) >= 11 is 6.79. The fourth-order valence-electron chi connectivity index (χ4n) is 2.54. The van der Waals surface area contributed by atoms with Crippen LogP contribution in [0, 0.1) is 6.92 Å². The van der Waals surface area contributed by atoms with E-state index in [0.29, 0.717) is 16.5 Å². The minimum Gasteiger partial charge on any atom is -0.356 e. The predicted octanol–water partition coefficient (Wildman–Crippen LogP) is 4.75. The van der Waals surface area contributed by atoms with Crippen molar-refractivity contribution in [1.82, 2.24) is 10.3 Å². The van der Waals surface area contributed by atoms with Crippen LogP contribution >= 0.6 is 23.6 Å². The molecule has 0 aliphatic heterocycles. The number of hydrogen-bond acceptors (Lipinski definition) is 4. The summed E-state index contributed by atoms with van der Waals surface area (Å²) in [6, 6.07) is 15.8. The van der Waals surface area contributed by atoms with Gasteiger partial charge in [0, 0.05) is 16.8 Å². The molecule has 7 heteroatoms. The van der Waals surface area contributed by atoms with Crippen LogP contribution in [0.1, 0.15) is 34.6 Å². The molecule has 27 heavy (non-hydrogen) atoms. The Morgan fingerprint density at radius 2 is 1.81 bits per heavy atom. The van der Waals surface area contributed by atoms with Crippen LogP contribution in [0.3, 0.4) is 0 Å². The number of carbonyl (C=O) groups is 1. The Morgan fingerprint density at radius 3 is 2.44 bits per heavy atom. The molecule has 0 aliphatic carbocycles. The monoisotopic (exact) mass is 396 g/mol. The van der Waals surface area contributed by atoms with E-state index in [-0.39, 0.29) is 11.9 Å². The average Bonchev–Trinajstić information content (AvgIpc) is 3.18. The number of aryl methyl sites for hydroxylation is 1. The van der Waals surface area contributed by atoms with Gasteiger partial charge >= 0.3 is 0 Å². The largest absolute Gasteiger partial charge is 0.356 e. The first-order valence-corrected chi connectivity index (χ1v) is 9.80. The van der Waals surface area contributed by atoms with E-state index < -0.39 is 0 Å². The quantitative estimate of drug-likeness (QED) is 0.543. The van der Waals surface area contributed by atoms with Gasteiger partial charge in [0.05, 0.1) is 11.6 Å². The SMILES string of the molecule is Cc1cccc(C(C)NC(=S)Nc2ccc(NC(=O)c3cscn3)cc2)c1. The Kier molecular flexibility index (Phi) is 6.16. The summed E-state index contributed by atoms with van der Waals surface area (Å²) in [5.41, 5.74) is 5.99. The van der Waals surface area contributed by atoms with Gasteiger partial charge in [-0.1, -0.05) is 29.8 Å². The van der Waals surface area contributed by atoms with Gasteiger partial charge in [0.25, 0.3) is 5.91 Å². The summed E-state index contributed by atoms with van der Waals surface area (Å²) in [6.45, 7) is 4.14. The summed E-state index contributed by atoms with van der Waals surface area (Å²) in [5, 5.41) is 11.5. The molecule has 0 radical (unpaired) electrons. The van der Waals surface area contributed by atoms with Crippen molar-refractivity contribution in [2.45, 2.75) is 19.9 Å². The molecule has 0 fully saturated rings. The lowest BCUT2D eigenvalue weighted by atomic mass is 10.1. The van der Waals surface area contributed by atoms with Crippen LogP contribution in [0.2, 0.25) is 0 Å². The molecule has 3 rings (SSSR count). The highest BCUT2D eigenvalue weighted by atomic mass is 32.1. The topological polar surface area (TPSA) is 66.0 Å². The predicted molar refractivity (Wildman–Crippen MR) is 115 cm³/mol. The molecule has 5 nitrogen and oxygen atoms in total. The molecule has 0 saturated heterocycles. The average molecular weight is 397 g/mol. The Hall–Kier alpha value is -2.77.